The smallest absolute Gasteiger partial charge is 0.413 e. The molecule has 1 aromatic carbocycles. The Bertz CT molecular complexity index is 595. The maximum Gasteiger partial charge on any atom is 0.413 e. The van der Waals surface area contributed by atoms with Crippen molar-refractivity contribution in [3.8, 4) is 0 Å². The lowest BCUT2D eigenvalue weighted by Gasteiger charge is -2.23. The van der Waals surface area contributed by atoms with Crippen molar-refractivity contribution in [2.45, 2.75) is 20.8 Å². The highest BCUT2D eigenvalue weighted by Gasteiger charge is 2.15. The summed E-state index contributed by atoms with van der Waals surface area (Å²) in [4.78, 5) is 24.6. The molecule has 2 amide bonds. The Labute approximate surface area is 146 Å². The summed E-state index contributed by atoms with van der Waals surface area (Å²) in [7, 11) is 0. The number of hydrogen-bond acceptors (Lipinski definition) is 4. The number of likely N-dealkylation sites (N-methyl/N-ethyl adjacent to an activating group) is 1. The van der Waals surface area contributed by atoms with E-state index in [1.807, 2.05) is 26.0 Å². The van der Waals surface area contributed by atoms with Gasteiger partial charge in [0.25, 0.3) is 0 Å². The minimum atomic E-state index is -0.766. The molecule has 0 saturated carbocycles. The van der Waals surface area contributed by atoms with Crippen LogP contribution in [0.1, 0.15) is 19.4 Å². The Balaban J connectivity index is 2.62. The molecule has 0 saturated heterocycles. The van der Waals surface area contributed by atoms with Crippen molar-refractivity contribution in [3.05, 3.63) is 28.8 Å². The Morgan fingerprint density at radius 1 is 1.35 bits per heavy atom. The normalized spacial score (nSPS) is 9.91. The van der Waals surface area contributed by atoms with Gasteiger partial charge < -0.3 is 15.0 Å². The quantitative estimate of drug-likeness (QED) is 0.789. The molecule has 1 aromatic rings. The second-order valence-electron chi connectivity index (χ2n) is 4.68. The van der Waals surface area contributed by atoms with E-state index in [9.17, 15) is 9.59 Å². The lowest BCUT2D eigenvalue weighted by Crippen LogP contribution is -2.44. The molecule has 0 aliphatic rings. The zero-order chi connectivity index (χ0) is 17.4. The van der Waals surface area contributed by atoms with E-state index >= 15 is 0 Å². The number of amides is 2. The van der Waals surface area contributed by atoms with Gasteiger partial charge in [-0.2, -0.15) is 0 Å². The molecule has 0 atom stereocenters. The fourth-order valence-corrected chi connectivity index (χ4v) is 2.19. The Kier molecular flexibility index (Phi) is 7.77. The van der Waals surface area contributed by atoms with E-state index in [1.54, 1.807) is 17.9 Å². The largest absolute Gasteiger partial charge is 0.450 e. The van der Waals surface area contributed by atoms with Gasteiger partial charge in [-0.25, -0.2) is 4.79 Å². The summed E-state index contributed by atoms with van der Waals surface area (Å²) in [5, 5.41) is 6.15. The lowest BCUT2D eigenvalue weighted by atomic mass is 10.2. The number of nitrogens with zero attached hydrogens (tertiary/aromatic N) is 1. The van der Waals surface area contributed by atoms with Crippen molar-refractivity contribution in [2.75, 3.05) is 25.0 Å². The number of alkyl carbamates (subject to hydrolysis) is 1. The van der Waals surface area contributed by atoms with Gasteiger partial charge in [-0.1, -0.05) is 17.7 Å². The molecule has 0 spiro atoms. The van der Waals surface area contributed by atoms with Crippen LogP contribution < -0.4 is 10.6 Å². The first kappa shape index (κ1) is 19.2. The molecule has 0 aromatic heterocycles. The fraction of sp³-hybridized carbons (Fsp3) is 0.400. The zero-order valence-electron chi connectivity index (χ0n) is 13.3. The molecule has 0 unspecified atom stereocenters. The van der Waals surface area contributed by atoms with Crippen LogP contribution >= 0.6 is 23.8 Å². The third kappa shape index (κ3) is 6.42. The molecule has 23 heavy (non-hydrogen) atoms. The van der Waals surface area contributed by atoms with Gasteiger partial charge >= 0.3 is 6.09 Å². The Morgan fingerprint density at radius 3 is 2.61 bits per heavy atom. The van der Waals surface area contributed by atoms with Gasteiger partial charge in [0, 0.05) is 17.3 Å². The van der Waals surface area contributed by atoms with E-state index in [1.165, 1.54) is 0 Å². The average Bonchev–Trinajstić information content (AvgIpc) is 2.48. The molecule has 6 nitrogen and oxygen atoms in total. The maximum absolute atomic E-state index is 11.8. The number of imide groups is 1. The number of ether oxygens (including phenoxy) is 1. The SMILES string of the molecule is CCOC(=O)NC(=O)CN(CC)C(=S)Nc1ccc(C)c(Cl)c1. The number of benzene rings is 1. The van der Waals surface area contributed by atoms with Gasteiger partial charge in [-0.3, -0.25) is 10.1 Å². The molecule has 0 bridgehead atoms. The van der Waals surface area contributed by atoms with Gasteiger partial charge in [-0.15, -0.1) is 0 Å². The van der Waals surface area contributed by atoms with Gasteiger partial charge in [0.05, 0.1) is 13.2 Å². The van der Waals surface area contributed by atoms with Crippen LogP contribution in [-0.2, 0) is 9.53 Å². The van der Waals surface area contributed by atoms with Crippen LogP contribution in [0, 0.1) is 6.92 Å². The molecule has 0 aliphatic heterocycles. The number of halogens is 1. The topological polar surface area (TPSA) is 70.7 Å². The molecular formula is C15H20ClN3O3S. The number of anilines is 1. The van der Waals surface area contributed by atoms with E-state index in [-0.39, 0.29) is 13.2 Å². The number of aryl methyl sites for hydroxylation is 1. The number of thiocarbonyl (C=S) groups is 1. The van der Waals surface area contributed by atoms with Crippen molar-refractivity contribution in [1.82, 2.24) is 10.2 Å². The second kappa shape index (κ2) is 9.32. The summed E-state index contributed by atoms with van der Waals surface area (Å²) in [5.74, 6) is -0.489. The van der Waals surface area contributed by atoms with Gasteiger partial charge in [0.1, 0.15) is 0 Å². The predicted molar refractivity (Wildman–Crippen MR) is 94.8 cm³/mol. The van der Waals surface area contributed by atoms with E-state index in [0.29, 0.717) is 16.7 Å². The first-order valence-corrected chi connectivity index (χ1v) is 7.94. The van der Waals surface area contributed by atoms with E-state index in [4.69, 9.17) is 23.8 Å². The number of carbonyl (C=O) groups excluding carboxylic acids is 2. The van der Waals surface area contributed by atoms with Crippen molar-refractivity contribution >= 4 is 46.6 Å². The third-order valence-electron chi connectivity index (χ3n) is 2.94. The van der Waals surface area contributed by atoms with Crippen LogP contribution in [0.25, 0.3) is 0 Å². The number of hydrogen-bond donors (Lipinski definition) is 2. The standard InChI is InChI=1S/C15H20ClN3O3S/c1-4-19(9-13(20)18-15(21)22-5-2)14(23)17-11-7-6-10(3)12(16)8-11/h6-8H,4-5,9H2,1-3H3,(H,17,23)(H,18,20,21). The van der Waals surface area contributed by atoms with Crippen molar-refractivity contribution in [3.63, 3.8) is 0 Å². The molecule has 126 valence electrons. The first-order valence-electron chi connectivity index (χ1n) is 7.16. The van der Waals surface area contributed by atoms with Crippen LogP contribution in [0.5, 0.6) is 0 Å². The zero-order valence-corrected chi connectivity index (χ0v) is 14.9. The summed E-state index contributed by atoms with van der Waals surface area (Å²) in [6.45, 7) is 6.07. The average molecular weight is 358 g/mol. The minimum Gasteiger partial charge on any atom is -0.450 e. The van der Waals surface area contributed by atoms with Crippen LogP contribution in [0.4, 0.5) is 10.5 Å². The van der Waals surface area contributed by atoms with Gasteiger partial charge in [-0.05, 0) is 50.7 Å². The summed E-state index contributed by atoms with van der Waals surface area (Å²) in [6.07, 6.45) is -0.766. The monoisotopic (exact) mass is 357 g/mol. The first-order chi connectivity index (χ1) is 10.9. The summed E-state index contributed by atoms with van der Waals surface area (Å²) in [5.41, 5.74) is 1.69. The predicted octanol–water partition coefficient (Wildman–Crippen LogP) is 2.94. The van der Waals surface area contributed by atoms with Crippen molar-refractivity contribution in [1.29, 1.82) is 0 Å². The Morgan fingerprint density at radius 2 is 2.04 bits per heavy atom. The van der Waals surface area contributed by atoms with Crippen LogP contribution in [0.3, 0.4) is 0 Å². The summed E-state index contributed by atoms with van der Waals surface area (Å²) >= 11 is 11.4. The molecule has 1 rings (SSSR count). The van der Waals surface area contributed by atoms with Gasteiger partial charge in [0.2, 0.25) is 5.91 Å². The molecule has 8 heteroatoms. The maximum atomic E-state index is 11.8. The molecule has 0 radical (unpaired) electrons. The summed E-state index contributed by atoms with van der Waals surface area (Å²) in [6, 6.07) is 5.48. The van der Waals surface area contributed by atoms with E-state index < -0.39 is 12.0 Å². The number of rotatable bonds is 5. The van der Waals surface area contributed by atoms with Crippen LogP contribution in [-0.4, -0.2) is 41.7 Å². The van der Waals surface area contributed by atoms with Crippen LogP contribution in [0.15, 0.2) is 18.2 Å². The third-order valence-corrected chi connectivity index (χ3v) is 3.71. The molecule has 2 N–H and O–H groups in total. The van der Waals surface area contributed by atoms with E-state index in [2.05, 4.69) is 15.4 Å². The highest BCUT2D eigenvalue weighted by Crippen LogP contribution is 2.20. The van der Waals surface area contributed by atoms with Crippen LogP contribution in [0.2, 0.25) is 5.02 Å². The molecule has 0 heterocycles. The highest BCUT2D eigenvalue weighted by atomic mass is 35.5. The van der Waals surface area contributed by atoms with Crippen molar-refractivity contribution in [2.24, 2.45) is 0 Å². The minimum absolute atomic E-state index is 0.0548. The highest BCUT2D eigenvalue weighted by molar-refractivity contribution is 7.80. The molecular weight excluding hydrogens is 338 g/mol. The fourth-order valence-electron chi connectivity index (χ4n) is 1.69. The molecule has 0 aliphatic carbocycles. The number of nitrogens with one attached hydrogen (secondary N) is 2. The van der Waals surface area contributed by atoms with Crippen molar-refractivity contribution < 1.29 is 14.3 Å². The molecule has 0 fully saturated rings. The second-order valence-corrected chi connectivity index (χ2v) is 5.47. The lowest BCUT2D eigenvalue weighted by molar-refractivity contribution is -0.120. The van der Waals surface area contributed by atoms with Gasteiger partial charge in [0.15, 0.2) is 5.11 Å². The summed E-state index contributed by atoms with van der Waals surface area (Å²) < 4.78 is 4.66. The number of carbonyl (C=O) groups is 2. The Hall–Kier alpha value is -1.86. The van der Waals surface area contributed by atoms with E-state index in [0.717, 1.165) is 11.3 Å².